The molecule has 0 unspecified atom stereocenters. The largest absolute Gasteiger partial charge is 0.494 e. The lowest BCUT2D eigenvalue weighted by Crippen LogP contribution is -1.91. The van der Waals surface area contributed by atoms with Gasteiger partial charge in [-0.25, -0.2) is 4.98 Å². The molecule has 0 atom stereocenters. The van der Waals surface area contributed by atoms with Gasteiger partial charge < -0.3 is 4.74 Å². The Morgan fingerprint density at radius 1 is 1.35 bits per heavy atom. The third kappa shape index (κ3) is 3.37. The van der Waals surface area contributed by atoms with Crippen LogP contribution in [-0.4, -0.2) is 11.6 Å². The first-order chi connectivity index (χ1) is 9.78. The number of nitrogens with zero attached hydrogens (tertiary/aromatic N) is 2. The first-order valence-electron chi connectivity index (χ1n) is 6.87. The molecule has 0 bridgehead atoms. The Bertz CT molecular complexity index is 613. The number of rotatable bonds is 6. The third-order valence-electron chi connectivity index (χ3n) is 2.90. The molecule has 2 aromatic rings. The highest BCUT2D eigenvalue weighted by molar-refractivity contribution is 7.15. The average molecular weight is 286 g/mol. The van der Waals surface area contributed by atoms with Crippen molar-refractivity contribution < 1.29 is 4.74 Å². The zero-order valence-corrected chi connectivity index (χ0v) is 12.7. The maximum Gasteiger partial charge on any atom is 0.124 e. The van der Waals surface area contributed by atoms with Crippen molar-refractivity contribution >= 4 is 11.3 Å². The topological polar surface area (TPSA) is 45.9 Å². The quantitative estimate of drug-likeness (QED) is 0.798. The molecule has 0 radical (unpaired) electrons. The molecule has 1 aromatic carbocycles. The highest BCUT2D eigenvalue weighted by atomic mass is 32.1. The first kappa shape index (κ1) is 14.5. The van der Waals surface area contributed by atoms with Gasteiger partial charge in [-0.15, -0.1) is 11.3 Å². The van der Waals surface area contributed by atoms with Crippen LogP contribution < -0.4 is 4.74 Å². The molecule has 0 N–H and O–H groups in total. The van der Waals surface area contributed by atoms with Gasteiger partial charge in [-0.2, -0.15) is 5.26 Å². The van der Waals surface area contributed by atoms with E-state index in [9.17, 15) is 0 Å². The number of ether oxygens (including phenoxy) is 1. The molecule has 0 saturated carbocycles. The molecule has 1 heterocycles. The van der Waals surface area contributed by atoms with Crippen LogP contribution in [0.5, 0.6) is 5.75 Å². The number of nitriles is 1. The van der Waals surface area contributed by atoms with Crippen LogP contribution in [0, 0.1) is 11.3 Å². The summed E-state index contributed by atoms with van der Waals surface area (Å²) in [6.07, 6.45) is 2.41. The van der Waals surface area contributed by atoms with E-state index in [0.29, 0.717) is 13.0 Å². The number of hydrogen-bond acceptors (Lipinski definition) is 4. The Hall–Kier alpha value is -1.86. The number of aryl methyl sites for hydroxylation is 1. The van der Waals surface area contributed by atoms with Crippen LogP contribution >= 0.6 is 11.3 Å². The third-order valence-corrected chi connectivity index (χ3v) is 4.04. The average Bonchev–Trinajstić information content (AvgIpc) is 2.84. The highest BCUT2D eigenvalue weighted by Gasteiger charge is 2.12. The summed E-state index contributed by atoms with van der Waals surface area (Å²) in [6.45, 7) is 4.76. The Labute approximate surface area is 123 Å². The summed E-state index contributed by atoms with van der Waals surface area (Å²) in [6, 6.07) is 10.2. The zero-order valence-electron chi connectivity index (χ0n) is 11.8. The first-order valence-corrected chi connectivity index (χ1v) is 7.68. The molecule has 0 aliphatic heterocycles. The van der Waals surface area contributed by atoms with Gasteiger partial charge in [0.2, 0.25) is 0 Å². The predicted molar refractivity (Wildman–Crippen MR) is 82.0 cm³/mol. The fourth-order valence-electron chi connectivity index (χ4n) is 2.03. The van der Waals surface area contributed by atoms with Crippen molar-refractivity contribution in [1.29, 1.82) is 5.26 Å². The molecule has 0 fully saturated rings. The second-order valence-corrected chi connectivity index (χ2v) is 5.52. The lowest BCUT2D eigenvalue weighted by molar-refractivity contribution is 0.340. The van der Waals surface area contributed by atoms with Crippen LogP contribution in [0.1, 0.15) is 30.8 Å². The fourth-order valence-corrected chi connectivity index (χ4v) is 3.07. The molecule has 0 spiro atoms. The Balaban J connectivity index is 2.34. The van der Waals surface area contributed by atoms with Crippen LogP contribution in [0.15, 0.2) is 24.3 Å². The van der Waals surface area contributed by atoms with E-state index in [1.165, 1.54) is 0 Å². The molecule has 20 heavy (non-hydrogen) atoms. The van der Waals surface area contributed by atoms with Gasteiger partial charge in [-0.1, -0.05) is 25.5 Å². The number of hydrogen-bond donors (Lipinski definition) is 0. The van der Waals surface area contributed by atoms with Gasteiger partial charge in [-0.3, -0.25) is 0 Å². The van der Waals surface area contributed by atoms with Crippen LogP contribution in [0.2, 0.25) is 0 Å². The van der Waals surface area contributed by atoms with Gasteiger partial charge in [0.25, 0.3) is 0 Å². The zero-order chi connectivity index (χ0) is 14.4. The van der Waals surface area contributed by atoms with E-state index in [2.05, 4.69) is 13.0 Å². The number of benzene rings is 1. The molecule has 1 aromatic heterocycles. The smallest absolute Gasteiger partial charge is 0.124 e. The molecular formula is C16H18N2OS. The summed E-state index contributed by atoms with van der Waals surface area (Å²) in [7, 11) is 0. The second kappa shape index (κ2) is 7.06. The van der Waals surface area contributed by atoms with Gasteiger partial charge >= 0.3 is 0 Å². The van der Waals surface area contributed by atoms with Crippen LogP contribution in [0.25, 0.3) is 10.6 Å². The van der Waals surface area contributed by atoms with E-state index in [4.69, 9.17) is 15.0 Å². The maximum atomic E-state index is 8.92. The molecule has 104 valence electrons. The molecule has 4 heteroatoms. The predicted octanol–water partition coefficient (Wildman–Crippen LogP) is 4.23. The van der Waals surface area contributed by atoms with Gasteiger partial charge in [-0.05, 0) is 25.5 Å². The monoisotopic (exact) mass is 286 g/mol. The molecular weight excluding hydrogens is 268 g/mol. The van der Waals surface area contributed by atoms with Crippen LogP contribution in [-0.2, 0) is 12.8 Å². The second-order valence-electron chi connectivity index (χ2n) is 4.43. The molecule has 0 aliphatic carbocycles. The summed E-state index contributed by atoms with van der Waals surface area (Å²) in [5, 5.41) is 9.89. The molecule has 2 rings (SSSR count). The summed E-state index contributed by atoms with van der Waals surface area (Å²) >= 11 is 1.61. The van der Waals surface area contributed by atoms with Crippen molar-refractivity contribution in [3.63, 3.8) is 0 Å². The van der Waals surface area contributed by atoms with E-state index in [-0.39, 0.29) is 0 Å². The minimum Gasteiger partial charge on any atom is -0.494 e. The van der Waals surface area contributed by atoms with E-state index in [0.717, 1.165) is 39.7 Å². The van der Waals surface area contributed by atoms with Gasteiger partial charge in [0.1, 0.15) is 10.8 Å². The molecule has 3 nitrogen and oxygen atoms in total. The summed E-state index contributed by atoms with van der Waals surface area (Å²) < 4.78 is 5.52. The molecule has 0 aliphatic rings. The van der Waals surface area contributed by atoms with Crippen LogP contribution in [0.3, 0.4) is 0 Å². The van der Waals surface area contributed by atoms with Crippen molar-refractivity contribution in [1.82, 2.24) is 4.98 Å². The summed E-state index contributed by atoms with van der Waals surface area (Å²) in [5.74, 6) is 0.860. The normalized spacial score (nSPS) is 10.2. The Morgan fingerprint density at radius 2 is 2.20 bits per heavy atom. The van der Waals surface area contributed by atoms with E-state index < -0.39 is 0 Å². The number of thiazole rings is 1. The van der Waals surface area contributed by atoms with E-state index in [1.807, 2.05) is 31.2 Å². The minimum atomic E-state index is 0.443. The number of aromatic nitrogens is 1. The van der Waals surface area contributed by atoms with Gasteiger partial charge in [0.05, 0.1) is 24.8 Å². The molecule has 0 amide bonds. The van der Waals surface area contributed by atoms with Crippen molar-refractivity contribution in [3.8, 4) is 22.4 Å². The lowest BCUT2D eigenvalue weighted by Gasteiger charge is -2.03. The maximum absolute atomic E-state index is 8.92. The van der Waals surface area contributed by atoms with Crippen molar-refractivity contribution in [3.05, 3.63) is 34.8 Å². The van der Waals surface area contributed by atoms with Crippen molar-refractivity contribution in [2.75, 3.05) is 6.61 Å². The molecule has 0 saturated heterocycles. The van der Waals surface area contributed by atoms with Crippen LogP contribution in [0.4, 0.5) is 0 Å². The summed E-state index contributed by atoms with van der Waals surface area (Å²) in [4.78, 5) is 5.79. The van der Waals surface area contributed by atoms with Gasteiger partial charge in [0, 0.05) is 10.4 Å². The fraction of sp³-hybridized carbons (Fsp3) is 0.375. The van der Waals surface area contributed by atoms with Crippen molar-refractivity contribution in [2.45, 2.75) is 33.1 Å². The van der Waals surface area contributed by atoms with Crippen molar-refractivity contribution in [2.24, 2.45) is 0 Å². The highest BCUT2D eigenvalue weighted by Crippen LogP contribution is 2.31. The van der Waals surface area contributed by atoms with E-state index >= 15 is 0 Å². The standard InChI is InChI=1S/C16H18N2OS/c1-3-6-14-15(9-10-17)20-16(18-14)12-7-5-8-13(11-12)19-4-2/h5,7-8,11H,3-4,6,9H2,1-2H3. The van der Waals surface area contributed by atoms with Gasteiger partial charge in [0.15, 0.2) is 0 Å². The SMILES string of the molecule is CCCc1nc(-c2cccc(OCC)c2)sc1CC#N. The minimum absolute atomic E-state index is 0.443. The Kier molecular flexibility index (Phi) is 5.14. The summed E-state index contributed by atoms with van der Waals surface area (Å²) in [5.41, 5.74) is 2.12. The lowest BCUT2D eigenvalue weighted by atomic mass is 10.2. The Morgan fingerprint density at radius 3 is 2.90 bits per heavy atom. The van der Waals surface area contributed by atoms with E-state index in [1.54, 1.807) is 11.3 Å².